The SMILES string of the molecule is OC1C2CC3CC4CCC4C31C2. The smallest absolute Gasteiger partial charge is 0.0630 e. The molecular weight excluding hydrogens is 148 g/mol. The lowest BCUT2D eigenvalue weighted by Gasteiger charge is -2.52. The Morgan fingerprint density at radius 1 is 1.08 bits per heavy atom. The second-order valence-corrected chi connectivity index (χ2v) is 5.63. The van der Waals surface area contributed by atoms with Crippen LogP contribution in [0.15, 0.2) is 0 Å². The van der Waals surface area contributed by atoms with Crippen LogP contribution in [0.5, 0.6) is 0 Å². The summed E-state index contributed by atoms with van der Waals surface area (Å²) in [6.07, 6.45) is 7.26. The van der Waals surface area contributed by atoms with E-state index >= 15 is 0 Å². The van der Waals surface area contributed by atoms with E-state index in [4.69, 9.17) is 0 Å². The van der Waals surface area contributed by atoms with Crippen LogP contribution in [0.1, 0.15) is 32.1 Å². The molecule has 0 heterocycles. The average Bonchev–Trinajstić information content (AvgIpc) is 2.55. The number of hydrogen-bond acceptors (Lipinski definition) is 1. The molecule has 5 rings (SSSR count). The molecule has 0 aromatic rings. The summed E-state index contributed by atoms with van der Waals surface area (Å²) in [7, 11) is 0. The minimum Gasteiger partial charge on any atom is -0.392 e. The van der Waals surface area contributed by atoms with Gasteiger partial charge in [-0.2, -0.15) is 0 Å². The maximum absolute atomic E-state index is 10.0. The fraction of sp³-hybridized carbons (Fsp3) is 1.00. The summed E-state index contributed by atoms with van der Waals surface area (Å²) < 4.78 is 0. The van der Waals surface area contributed by atoms with Crippen LogP contribution >= 0.6 is 0 Å². The molecule has 0 aromatic heterocycles. The van der Waals surface area contributed by atoms with Crippen LogP contribution in [0.25, 0.3) is 0 Å². The summed E-state index contributed by atoms with van der Waals surface area (Å²) in [5.74, 6) is 3.65. The second-order valence-electron chi connectivity index (χ2n) is 5.63. The molecule has 12 heavy (non-hydrogen) atoms. The molecule has 0 saturated heterocycles. The summed E-state index contributed by atoms with van der Waals surface area (Å²) in [5, 5.41) is 10.0. The first-order chi connectivity index (χ1) is 5.82. The van der Waals surface area contributed by atoms with Gasteiger partial charge in [-0.3, -0.25) is 0 Å². The van der Waals surface area contributed by atoms with E-state index in [1.165, 1.54) is 32.1 Å². The third kappa shape index (κ3) is 0.414. The number of hydrogen-bond donors (Lipinski definition) is 1. The second kappa shape index (κ2) is 1.61. The highest BCUT2D eigenvalue weighted by molar-refractivity contribution is 5.21. The van der Waals surface area contributed by atoms with Gasteiger partial charge >= 0.3 is 0 Å². The van der Waals surface area contributed by atoms with Crippen molar-refractivity contribution in [1.29, 1.82) is 0 Å². The third-order valence-corrected chi connectivity index (χ3v) is 5.66. The standard InChI is InChI=1S/C11H16O/c12-10-7-4-8-3-6-1-2-9(6)11(8,10)5-7/h6-10,12H,1-5H2. The molecule has 6 unspecified atom stereocenters. The highest BCUT2D eigenvalue weighted by atomic mass is 16.3. The highest BCUT2D eigenvalue weighted by Gasteiger charge is 2.72. The number of aliphatic hydroxyl groups excluding tert-OH is 1. The van der Waals surface area contributed by atoms with Gasteiger partial charge in [-0.15, -0.1) is 0 Å². The van der Waals surface area contributed by atoms with Gasteiger partial charge in [0.1, 0.15) is 0 Å². The predicted molar refractivity (Wildman–Crippen MR) is 45.5 cm³/mol. The first-order valence-electron chi connectivity index (χ1n) is 5.50. The highest BCUT2D eigenvalue weighted by Crippen LogP contribution is 2.76. The number of fused-ring (bicyclic) bond motifs is 1. The summed E-state index contributed by atoms with van der Waals surface area (Å²) in [4.78, 5) is 0. The van der Waals surface area contributed by atoms with Crippen LogP contribution in [-0.4, -0.2) is 11.2 Å². The van der Waals surface area contributed by atoms with E-state index in [0.717, 1.165) is 23.7 Å². The Morgan fingerprint density at radius 2 is 1.92 bits per heavy atom. The Morgan fingerprint density at radius 3 is 2.58 bits per heavy atom. The molecule has 1 spiro atoms. The molecule has 1 N–H and O–H groups in total. The average molecular weight is 164 g/mol. The van der Waals surface area contributed by atoms with Gasteiger partial charge in [0, 0.05) is 5.41 Å². The van der Waals surface area contributed by atoms with Gasteiger partial charge in [-0.1, -0.05) is 0 Å². The van der Waals surface area contributed by atoms with E-state index in [2.05, 4.69) is 0 Å². The normalized spacial score (nSPS) is 71.2. The molecular formula is C11H16O. The fourth-order valence-electron chi connectivity index (χ4n) is 5.08. The summed E-state index contributed by atoms with van der Waals surface area (Å²) in [6.45, 7) is 0. The zero-order chi connectivity index (χ0) is 7.92. The third-order valence-electron chi connectivity index (χ3n) is 5.66. The Balaban J connectivity index is 1.81. The molecule has 0 aliphatic heterocycles. The van der Waals surface area contributed by atoms with Crippen molar-refractivity contribution in [2.24, 2.45) is 29.1 Å². The zero-order valence-corrected chi connectivity index (χ0v) is 7.37. The first kappa shape index (κ1) is 6.42. The zero-order valence-electron chi connectivity index (χ0n) is 7.37. The molecule has 5 saturated carbocycles. The van der Waals surface area contributed by atoms with Crippen molar-refractivity contribution in [3.63, 3.8) is 0 Å². The maximum atomic E-state index is 10.0. The van der Waals surface area contributed by atoms with Gasteiger partial charge in [0.2, 0.25) is 0 Å². The monoisotopic (exact) mass is 164 g/mol. The van der Waals surface area contributed by atoms with E-state index in [-0.39, 0.29) is 6.10 Å². The molecule has 6 atom stereocenters. The minimum atomic E-state index is 0.123. The Kier molecular flexibility index (Phi) is 0.863. The molecule has 66 valence electrons. The predicted octanol–water partition coefficient (Wildman–Crippen LogP) is 1.80. The van der Waals surface area contributed by atoms with Crippen molar-refractivity contribution >= 4 is 0 Å². The van der Waals surface area contributed by atoms with E-state index in [1.807, 2.05) is 0 Å². The number of rotatable bonds is 0. The van der Waals surface area contributed by atoms with Crippen LogP contribution in [0.2, 0.25) is 0 Å². The van der Waals surface area contributed by atoms with Crippen molar-refractivity contribution in [3.8, 4) is 0 Å². The van der Waals surface area contributed by atoms with Crippen molar-refractivity contribution in [2.45, 2.75) is 38.2 Å². The van der Waals surface area contributed by atoms with Crippen molar-refractivity contribution in [1.82, 2.24) is 0 Å². The van der Waals surface area contributed by atoms with Gasteiger partial charge in [0.05, 0.1) is 6.10 Å². The Labute approximate surface area is 73.2 Å². The lowest BCUT2D eigenvalue weighted by Crippen LogP contribution is -2.52. The fourth-order valence-corrected chi connectivity index (χ4v) is 5.08. The van der Waals surface area contributed by atoms with Crippen LogP contribution in [0.4, 0.5) is 0 Å². The molecule has 0 amide bonds. The van der Waals surface area contributed by atoms with E-state index in [0.29, 0.717) is 5.41 Å². The largest absolute Gasteiger partial charge is 0.392 e. The van der Waals surface area contributed by atoms with E-state index in [1.54, 1.807) is 0 Å². The number of aliphatic hydroxyl groups is 1. The van der Waals surface area contributed by atoms with Crippen LogP contribution in [0, 0.1) is 29.1 Å². The molecule has 5 aliphatic carbocycles. The van der Waals surface area contributed by atoms with Gasteiger partial charge in [0.15, 0.2) is 0 Å². The van der Waals surface area contributed by atoms with E-state index < -0.39 is 0 Å². The minimum absolute atomic E-state index is 0.123. The van der Waals surface area contributed by atoms with Crippen LogP contribution in [-0.2, 0) is 0 Å². The summed E-state index contributed by atoms with van der Waals surface area (Å²) in [5.41, 5.74) is 0.480. The lowest BCUT2D eigenvalue weighted by molar-refractivity contribution is -0.126. The van der Waals surface area contributed by atoms with E-state index in [9.17, 15) is 5.11 Å². The molecule has 5 aliphatic rings. The lowest BCUT2D eigenvalue weighted by atomic mass is 9.54. The van der Waals surface area contributed by atoms with Crippen molar-refractivity contribution in [2.75, 3.05) is 0 Å². The molecule has 0 aromatic carbocycles. The Bertz CT molecular complexity index is 245. The molecule has 0 radical (unpaired) electrons. The van der Waals surface area contributed by atoms with Gasteiger partial charge < -0.3 is 5.11 Å². The van der Waals surface area contributed by atoms with Crippen molar-refractivity contribution in [3.05, 3.63) is 0 Å². The summed E-state index contributed by atoms with van der Waals surface area (Å²) in [6, 6.07) is 0. The summed E-state index contributed by atoms with van der Waals surface area (Å²) >= 11 is 0. The Hall–Kier alpha value is -0.0400. The molecule has 1 heteroatoms. The topological polar surface area (TPSA) is 20.2 Å². The first-order valence-corrected chi connectivity index (χ1v) is 5.50. The van der Waals surface area contributed by atoms with Gasteiger partial charge in [0.25, 0.3) is 0 Å². The van der Waals surface area contributed by atoms with Crippen molar-refractivity contribution < 1.29 is 5.11 Å². The van der Waals surface area contributed by atoms with Crippen LogP contribution in [0.3, 0.4) is 0 Å². The molecule has 2 bridgehead atoms. The quantitative estimate of drug-likeness (QED) is 0.579. The molecule has 5 fully saturated rings. The molecule has 1 nitrogen and oxygen atoms in total. The van der Waals surface area contributed by atoms with Crippen LogP contribution < -0.4 is 0 Å². The maximum Gasteiger partial charge on any atom is 0.0630 e. The van der Waals surface area contributed by atoms with Gasteiger partial charge in [-0.05, 0) is 55.8 Å². The van der Waals surface area contributed by atoms with Gasteiger partial charge in [-0.25, -0.2) is 0 Å².